The Morgan fingerprint density at radius 2 is 1.66 bits per heavy atom. The summed E-state index contributed by atoms with van der Waals surface area (Å²) in [6, 6.07) is 15.6. The molecule has 0 unspecified atom stereocenters. The molecule has 0 bridgehead atoms. The summed E-state index contributed by atoms with van der Waals surface area (Å²) >= 11 is 0. The zero-order valence-corrected chi connectivity index (χ0v) is 18.9. The zero-order chi connectivity index (χ0) is 22.7. The van der Waals surface area contributed by atoms with Crippen LogP contribution in [0, 0.1) is 13.8 Å². The maximum atomic E-state index is 13.2. The van der Waals surface area contributed by atoms with Gasteiger partial charge in [-0.3, -0.25) is 9.36 Å². The van der Waals surface area contributed by atoms with Crippen molar-refractivity contribution in [2.75, 3.05) is 18.4 Å². The summed E-state index contributed by atoms with van der Waals surface area (Å²) < 4.78 is 2.02. The van der Waals surface area contributed by atoms with Crippen molar-refractivity contribution in [2.45, 2.75) is 40.0 Å². The molecule has 0 spiro atoms. The number of carbonyl (C=O) groups is 2. The summed E-state index contributed by atoms with van der Waals surface area (Å²) in [6.45, 7) is 7.31. The van der Waals surface area contributed by atoms with E-state index < -0.39 is 0 Å². The number of anilines is 1. The van der Waals surface area contributed by atoms with Crippen molar-refractivity contribution in [2.24, 2.45) is 0 Å². The van der Waals surface area contributed by atoms with Gasteiger partial charge in [0.15, 0.2) is 5.69 Å². The molecular weight excluding hydrogens is 402 g/mol. The number of hydrogen-bond donors (Lipinski definition) is 2. The van der Waals surface area contributed by atoms with Crippen LogP contribution in [-0.2, 0) is 4.79 Å². The van der Waals surface area contributed by atoms with Crippen LogP contribution < -0.4 is 10.7 Å². The molecule has 1 aliphatic rings. The normalized spacial score (nSPS) is 14.3. The number of quaternary nitrogens is 1. The Labute approximate surface area is 188 Å². The van der Waals surface area contributed by atoms with E-state index in [1.165, 1.54) is 13.3 Å². The third kappa shape index (κ3) is 4.64. The number of primary amides is 1. The Bertz CT molecular complexity index is 1130. The smallest absolute Gasteiger partial charge is 0.326 e. The van der Waals surface area contributed by atoms with Gasteiger partial charge in [0.1, 0.15) is 5.82 Å². The first-order valence-corrected chi connectivity index (χ1v) is 11.1. The quantitative estimate of drug-likeness (QED) is 0.607. The van der Waals surface area contributed by atoms with Gasteiger partial charge in [0.25, 0.3) is 0 Å². The van der Waals surface area contributed by atoms with Crippen LogP contribution in [0.5, 0.6) is 0 Å². The standard InChI is InChI=1S/C25H29N5O2/c1-17-9-5-6-10-22(17)24-27-23(25(32)28-29-15-7-4-8-16-29)18(2)30(24)21-13-11-20(12-14-21)26-19(3)31/h5-6,9-14H,4,7-8,15-16H2,1-3H3,(H,26,31)(H,28,32)/p+1. The number of aryl methyl sites for hydroxylation is 1. The van der Waals surface area contributed by atoms with Crippen LogP contribution in [0.25, 0.3) is 17.1 Å². The lowest BCUT2D eigenvalue weighted by Crippen LogP contribution is -2.97. The number of amides is 2. The number of nitrogens with zero attached hydrogens (tertiary/aromatic N) is 3. The topological polar surface area (TPSA) is 83.8 Å². The Morgan fingerprint density at radius 1 is 0.969 bits per heavy atom. The highest BCUT2D eigenvalue weighted by molar-refractivity contribution is 5.89. The lowest BCUT2D eigenvalue weighted by Gasteiger charge is -2.21. The molecule has 3 aromatic rings. The number of piperidine rings is 1. The van der Waals surface area contributed by atoms with E-state index >= 15 is 0 Å². The van der Waals surface area contributed by atoms with E-state index in [9.17, 15) is 9.59 Å². The number of benzene rings is 2. The molecule has 0 radical (unpaired) electrons. The number of rotatable bonds is 5. The number of nitrogens with two attached hydrogens (primary N) is 1. The first-order valence-electron chi connectivity index (χ1n) is 11.1. The van der Waals surface area contributed by atoms with Crippen LogP contribution >= 0.6 is 0 Å². The molecule has 32 heavy (non-hydrogen) atoms. The molecule has 2 amide bonds. The van der Waals surface area contributed by atoms with Gasteiger partial charge >= 0.3 is 5.91 Å². The average Bonchev–Trinajstić information content (AvgIpc) is 3.12. The van der Waals surface area contributed by atoms with Crippen molar-refractivity contribution >= 4 is 17.5 Å². The van der Waals surface area contributed by atoms with Gasteiger partial charge < -0.3 is 5.32 Å². The van der Waals surface area contributed by atoms with E-state index in [1.54, 1.807) is 5.43 Å². The Balaban J connectivity index is 1.76. The van der Waals surface area contributed by atoms with E-state index in [0.717, 1.165) is 60.0 Å². The highest BCUT2D eigenvalue weighted by Crippen LogP contribution is 2.29. The molecule has 0 aliphatic carbocycles. The third-order valence-electron chi connectivity index (χ3n) is 5.86. The maximum absolute atomic E-state index is 13.2. The molecule has 1 aromatic heterocycles. The Morgan fingerprint density at radius 3 is 2.31 bits per heavy atom. The minimum absolute atomic E-state index is 0.0622. The Kier molecular flexibility index (Phi) is 6.48. The molecule has 4 rings (SSSR count). The molecule has 0 saturated carbocycles. The number of imidazole rings is 1. The fourth-order valence-electron chi connectivity index (χ4n) is 4.23. The van der Waals surface area contributed by atoms with Gasteiger partial charge in [0, 0.05) is 37.0 Å². The molecular formula is C25H30N5O2+. The van der Waals surface area contributed by atoms with Gasteiger partial charge in [0.05, 0.1) is 5.69 Å². The summed E-state index contributed by atoms with van der Waals surface area (Å²) in [5, 5.41) is 4.91. The van der Waals surface area contributed by atoms with Gasteiger partial charge in [-0.05, 0) is 56.5 Å². The lowest BCUT2D eigenvalue weighted by molar-refractivity contribution is -0.723. The van der Waals surface area contributed by atoms with Crippen LogP contribution in [-0.4, -0.2) is 39.5 Å². The molecule has 7 nitrogen and oxygen atoms in total. The van der Waals surface area contributed by atoms with Crippen LogP contribution in [0.15, 0.2) is 48.5 Å². The minimum Gasteiger partial charge on any atom is -0.326 e. The van der Waals surface area contributed by atoms with Crippen molar-refractivity contribution in [3.8, 4) is 17.1 Å². The molecule has 1 fully saturated rings. The molecule has 7 heteroatoms. The van der Waals surface area contributed by atoms with Crippen LogP contribution in [0.2, 0.25) is 0 Å². The zero-order valence-electron chi connectivity index (χ0n) is 18.9. The van der Waals surface area contributed by atoms with Gasteiger partial charge in [0.2, 0.25) is 5.91 Å². The second-order valence-corrected chi connectivity index (χ2v) is 8.34. The second kappa shape index (κ2) is 9.46. The number of aromatic nitrogens is 2. The first-order chi connectivity index (χ1) is 15.4. The monoisotopic (exact) mass is 432 g/mol. The van der Waals surface area contributed by atoms with Crippen molar-refractivity contribution in [3.05, 3.63) is 65.5 Å². The molecule has 3 N–H and O–H groups in total. The molecule has 166 valence electrons. The Hall–Kier alpha value is -3.29. The van der Waals surface area contributed by atoms with Crippen LogP contribution in [0.1, 0.15) is 47.9 Å². The molecule has 2 heterocycles. The van der Waals surface area contributed by atoms with E-state index in [4.69, 9.17) is 4.98 Å². The van der Waals surface area contributed by atoms with Gasteiger partial charge in [-0.2, -0.15) is 10.4 Å². The lowest BCUT2D eigenvalue weighted by atomic mass is 10.1. The van der Waals surface area contributed by atoms with Gasteiger partial charge in [-0.1, -0.05) is 30.7 Å². The van der Waals surface area contributed by atoms with E-state index in [2.05, 4.69) is 10.3 Å². The average molecular weight is 433 g/mol. The van der Waals surface area contributed by atoms with Crippen molar-refractivity contribution < 1.29 is 15.0 Å². The van der Waals surface area contributed by atoms with Crippen LogP contribution in [0.3, 0.4) is 0 Å². The fraction of sp³-hybridized carbons (Fsp3) is 0.320. The van der Waals surface area contributed by atoms with E-state index in [-0.39, 0.29) is 11.8 Å². The van der Waals surface area contributed by atoms with Crippen LogP contribution in [0.4, 0.5) is 5.69 Å². The van der Waals surface area contributed by atoms with Crippen molar-refractivity contribution in [3.63, 3.8) is 0 Å². The SMILES string of the molecule is CC(=O)Nc1ccc(-n2c(-c3ccccc3C)nc(C(=O)[NH2+]N3CCCCC3)c2C)cc1. The summed E-state index contributed by atoms with van der Waals surface area (Å²) in [5.74, 6) is 0.564. The van der Waals surface area contributed by atoms with E-state index in [0.29, 0.717) is 5.69 Å². The van der Waals surface area contributed by atoms with Gasteiger partial charge in [-0.15, -0.1) is 0 Å². The third-order valence-corrected chi connectivity index (χ3v) is 5.86. The molecule has 2 aromatic carbocycles. The maximum Gasteiger partial charge on any atom is 0.382 e. The number of hydrogen-bond acceptors (Lipinski definition) is 4. The minimum atomic E-state index is -0.113. The van der Waals surface area contributed by atoms with Crippen molar-refractivity contribution in [1.82, 2.24) is 14.6 Å². The first kappa shape index (κ1) is 21.9. The second-order valence-electron chi connectivity index (χ2n) is 8.34. The summed E-state index contributed by atoms with van der Waals surface area (Å²) in [5.41, 5.74) is 6.69. The summed E-state index contributed by atoms with van der Waals surface area (Å²) in [6.07, 6.45) is 3.46. The molecule has 1 aliphatic heterocycles. The van der Waals surface area contributed by atoms with Gasteiger partial charge in [-0.25, -0.2) is 9.78 Å². The number of carbonyl (C=O) groups excluding carboxylic acids is 2. The predicted molar refractivity (Wildman–Crippen MR) is 124 cm³/mol. The summed E-state index contributed by atoms with van der Waals surface area (Å²) in [7, 11) is 0. The molecule has 1 saturated heterocycles. The highest BCUT2D eigenvalue weighted by atomic mass is 16.2. The highest BCUT2D eigenvalue weighted by Gasteiger charge is 2.27. The molecule has 0 atom stereocenters. The summed E-state index contributed by atoms with van der Waals surface area (Å²) in [4.78, 5) is 29.4. The fourth-order valence-corrected chi connectivity index (χ4v) is 4.23. The number of nitrogens with one attached hydrogen (secondary N) is 1. The van der Waals surface area contributed by atoms with E-state index in [1.807, 2.05) is 66.9 Å². The van der Waals surface area contributed by atoms with Crippen molar-refractivity contribution in [1.29, 1.82) is 0 Å². The largest absolute Gasteiger partial charge is 0.382 e. The predicted octanol–water partition coefficient (Wildman–Crippen LogP) is 3.22.